The van der Waals surface area contributed by atoms with Gasteiger partial charge in [-0.25, -0.2) is 0 Å². The molecule has 0 amide bonds. The van der Waals surface area contributed by atoms with Crippen molar-refractivity contribution in [2.45, 2.75) is 37.8 Å². The van der Waals surface area contributed by atoms with Gasteiger partial charge in [-0.2, -0.15) is 0 Å². The van der Waals surface area contributed by atoms with Crippen molar-refractivity contribution in [1.29, 1.82) is 0 Å². The highest BCUT2D eigenvalue weighted by molar-refractivity contribution is 7.80. The van der Waals surface area contributed by atoms with Gasteiger partial charge >= 0.3 is 0 Å². The van der Waals surface area contributed by atoms with Crippen molar-refractivity contribution in [2.24, 2.45) is 0 Å². The lowest BCUT2D eigenvalue weighted by molar-refractivity contribution is 0.190. The van der Waals surface area contributed by atoms with Gasteiger partial charge in [0, 0.05) is 17.8 Å². The zero-order valence-corrected chi connectivity index (χ0v) is 12.5. The largest absolute Gasteiger partial charge is 0.358 e. The van der Waals surface area contributed by atoms with E-state index in [1.807, 2.05) is 30.3 Å². The molecule has 3 nitrogen and oxygen atoms in total. The number of benzene rings is 1. The summed E-state index contributed by atoms with van der Waals surface area (Å²) in [5, 5.41) is 7.45. The molecule has 2 unspecified atom stereocenters. The number of para-hydroxylation sites is 1. The van der Waals surface area contributed by atoms with E-state index in [9.17, 15) is 0 Å². The van der Waals surface area contributed by atoms with Crippen LogP contribution in [0, 0.1) is 0 Å². The van der Waals surface area contributed by atoms with Gasteiger partial charge in [0.2, 0.25) is 0 Å². The lowest BCUT2D eigenvalue weighted by Crippen LogP contribution is -2.52. The van der Waals surface area contributed by atoms with Gasteiger partial charge in [-0.3, -0.25) is 0 Å². The predicted octanol–water partition coefficient (Wildman–Crippen LogP) is 2.85. The molecule has 0 radical (unpaired) electrons. The molecule has 1 aromatic rings. The zero-order chi connectivity index (χ0) is 13.7. The molecule has 0 bridgehead atoms. The summed E-state index contributed by atoms with van der Waals surface area (Å²) in [7, 11) is 4.30. The lowest BCUT2D eigenvalue weighted by atomic mass is 9.90. The number of anilines is 1. The van der Waals surface area contributed by atoms with Gasteiger partial charge in [0.05, 0.1) is 0 Å². The molecule has 1 aromatic carbocycles. The van der Waals surface area contributed by atoms with Gasteiger partial charge in [-0.1, -0.05) is 31.0 Å². The second-order valence-corrected chi connectivity index (χ2v) is 5.79. The summed E-state index contributed by atoms with van der Waals surface area (Å²) in [5.74, 6) is 0. The van der Waals surface area contributed by atoms with E-state index in [2.05, 4.69) is 29.6 Å². The molecule has 0 heterocycles. The maximum absolute atomic E-state index is 5.42. The van der Waals surface area contributed by atoms with Crippen LogP contribution in [0.2, 0.25) is 0 Å². The predicted molar refractivity (Wildman–Crippen MR) is 85.5 cm³/mol. The smallest absolute Gasteiger partial charge is 0.171 e. The van der Waals surface area contributed by atoms with Crippen LogP contribution >= 0.6 is 12.2 Å². The summed E-state index contributed by atoms with van der Waals surface area (Å²) < 4.78 is 0. The van der Waals surface area contributed by atoms with Crippen LogP contribution in [0.15, 0.2) is 30.3 Å². The Bertz CT molecular complexity index is 405. The molecule has 1 saturated carbocycles. The molecule has 19 heavy (non-hydrogen) atoms. The molecule has 104 valence electrons. The summed E-state index contributed by atoms with van der Waals surface area (Å²) >= 11 is 5.42. The van der Waals surface area contributed by atoms with Crippen molar-refractivity contribution in [1.82, 2.24) is 10.2 Å². The standard InChI is InChI=1S/C15H23N3S/c1-18(2)14-11-7-6-10-13(14)17-15(19)16-12-8-4-3-5-9-12/h3-5,8-9,13-14H,6-7,10-11H2,1-2H3,(H2,16,17,19). The highest BCUT2D eigenvalue weighted by atomic mass is 32.1. The van der Waals surface area contributed by atoms with Crippen LogP contribution in [0.1, 0.15) is 25.7 Å². The van der Waals surface area contributed by atoms with E-state index < -0.39 is 0 Å². The number of hydrogen-bond donors (Lipinski definition) is 2. The van der Waals surface area contributed by atoms with Crippen LogP contribution in [0.3, 0.4) is 0 Å². The maximum Gasteiger partial charge on any atom is 0.171 e. The Morgan fingerprint density at radius 3 is 2.53 bits per heavy atom. The Morgan fingerprint density at radius 1 is 1.16 bits per heavy atom. The quantitative estimate of drug-likeness (QED) is 0.831. The van der Waals surface area contributed by atoms with Crippen molar-refractivity contribution in [3.8, 4) is 0 Å². The molecule has 2 N–H and O–H groups in total. The van der Waals surface area contributed by atoms with Crippen molar-refractivity contribution >= 4 is 23.0 Å². The van der Waals surface area contributed by atoms with Crippen LogP contribution in [0.4, 0.5) is 5.69 Å². The Kier molecular flexibility index (Phi) is 5.16. The first-order valence-electron chi connectivity index (χ1n) is 6.96. The van der Waals surface area contributed by atoms with Gasteiger partial charge in [0.1, 0.15) is 0 Å². The van der Waals surface area contributed by atoms with Crippen LogP contribution in [-0.2, 0) is 0 Å². The van der Waals surface area contributed by atoms with E-state index in [1.165, 1.54) is 25.7 Å². The Labute approximate surface area is 121 Å². The fraction of sp³-hybridized carbons (Fsp3) is 0.533. The lowest BCUT2D eigenvalue weighted by Gasteiger charge is -2.37. The number of hydrogen-bond acceptors (Lipinski definition) is 2. The first-order valence-corrected chi connectivity index (χ1v) is 7.36. The SMILES string of the molecule is CN(C)C1CCCCC1NC(=S)Nc1ccccc1. The topological polar surface area (TPSA) is 27.3 Å². The average molecular weight is 277 g/mol. The maximum atomic E-state index is 5.42. The molecular formula is C15H23N3S. The summed E-state index contributed by atoms with van der Waals surface area (Å²) in [6.45, 7) is 0. The Hall–Kier alpha value is -1.13. The van der Waals surface area contributed by atoms with Crippen molar-refractivity contribution in [3.63, 3.8) is 0 Å². The molecule has 0 aliphatic heterocycles. The number of nitrogens with zero attached hydrogens (tertiary/aromatic N) is 1. The fourth-order valence-corrected chi connectivity index (χ4v) is 3.02. The third-order valence-electron chi connectivity index (χ3n) is 3.74. The highest BCUT2D eigenvalue weighted by Gasteiger charge is 2.26. The van der Waals surface area contributed by atoms with Gasteiger partial charge < -0.3 is 15.5 Å². The van der Waals surface area contributed by atoms with Gasteiger partial charge in [-0.15, -0.1) is 0 Å². The van der Waals surface area contributed by atoms with Crippen LogP contribution < -0.4 is 10.6 Å². The summed E-state index contributed by atoms with van der Waals surface area (Å²) in [4.78, 5) is 2.31. The van der Waals surface area contributed by atoms with Crippen LogP contribution in [-0.4, -0.2) is 36.2 Å². The fourth-order valence-electron chi connectivity index (χ4n) is 2.75. The zero-order valence-electron chi connectivity index (χ0n) is 11.7. The van der Waals surface area contributed by atoms with E-state index in [-0.39, 0.29) is 0 Å². The molecule has 2 atom stereocenters. The molecule has 4 heteroatoms. The second-order valence-electron chi connectivity index (χ2n) is 5.39. The first-order chi connectivity index (χ1) is 9.16. The highest BCUT2D eigenvalue weighted by Crippen LogP contribution is 2.21. The molecular weight excluding hydrogens is 254 g/mol. The minimum absolute atomic E-state index is 0.451. The van der Waals surface area contributed by atoms with E-state index in [0.29, 0.717) is 12.1 Å². The van der Waals surface area contributed by atoms with Crippen molar-refractivity contribution < 1.29 is 0 Å². The average Bonchev–Trinajstić information content (AvgIpc) is 2.40. The molecule has 0 aromatic heterocycles. The van der Waals surface area contributed by atoms with Crippen LogP contribution in [0.25, 0.3) is 0 Å². The third-order valence-corrected chi connectivity index (χ3v) is 3.96. The number of likely N-dealkylation sites (N-methyl/N-ethyl adjacent to an activating group) is 1. The van der Waals surface area contributed by atoms with E-state index in [1.54, 1.807) is 0 Å². The number of nitrogens with one attached hydrogen (secondary N) is 2. The second kappa shape index (κ2) is 6.87. The van der Waals surface area contributed by atoms with Gasteiger partial charge in [0.25, 0.3) is 0 Å². The van der Waals surface area contributed by atoms with Gasteiger partial charge in [-0.05, 0) is 51.3 Å². The Morgan fingerprint density at radius 2 is 1.84 bits per heavy atom. The number of rotatable bonds is 3. The molecule has 2 rings (SSSR count). The molecule has 1 aliphatic rings. The number of thiocarbonyl (C=S) groups is 1. The third kappa shape index (κ3) is 4.18. The summed E-state index contributed by atoms with van der Waals surface area (Å²) in [5.41, 5.74) is 1.04. The first kappa shape index (κ1) is 14.3. The van der Waals surface area contributed by atoms with Crippen LogP contribution in [0.5, 0.6) is 0 Å². The van der Waals surface area contributed by atoms with E-state index in [4.69, 9.17) is 12.2 Å². The summed E-state index contributed by atoms with van der Waals surface area (Å²) in [6.07, 6.45) is 5.05. The van der Waals surface area contributed by atoms with Gasteiger partial charge in [0.15, 0.2) is 5.11 Å². The van der Waals surface area contributed by atoms with Crippen molar-refractivity contribution in [3.05, 3.63) is 30.3 Å². The van der Waals surface area contributed by atoms with E-state index >= 15 is 0 Å². The van der Waals surface area contributed by atoms with E-state index in [0.717, 1.165) is 10.8 Å². The minimum Gasteiger partial charge on any atom is -0.358 e. The minimum atomic E-state index is 0.451. The Balaban J connectivity index is 1.90. The molecule has 1 aliphatic carbocycles. The summed E-state index contributed by atoms with van der Waals surface area (Å²) in [6, 6.07) is 11.1. The monoisotopic (exact) mass is 277 g/mol. The van der Waals surface area contributed by atoms with Crippen molar-refractivity contribution in [2.75, 3.05) is 19.4 Å². The normalized spacial score (nSPS) is 23.1. The molecule has 1 fully saturated rings. The molecule has 0 saturated heterocycles. The molecule has 0 spiro atoms.